The van der Waals surface area contributed by atoms with Crippen LogP contribution in [-0.4, -0.2) is 42.7 Å². The SMILES string of the molecule is CC(=O)N(C)Cc1cccc(NC(=O)c2cccnc2S(=O)(=O)C(F)(F)F)c1. The van der Waals surface area contributed by atoms with Gasteiger partial charge in [-0.15, -0.1) is 0 Å². The fourth-order valence-electron chi connectivity index (χ4n) is 2.22. The number of halogens is 3. The largest absolute Gasteiger partial charge is 0.503 e. The third kappa shape index (κ3) is 4.66. The van der Waals surface area contributed by atoms with Crippen LogP contribution in [0.25, 0.3) is 0 Å². The van der Waals surface area contributed by atoms with Crippen LogP contribution in [0.3, 0.4) is 0 Å². The molecule has 0 fully saturated rings. The van der Waals surface area contributed by atoms with E-state index in [0.29, 0.717) is 5.56 Å². The van der Waals surface area contributed by atoms with Gasteiger partial charge in [-0.05, 0) is 29.8 Å². The smallest absolute Gasteiger partial charge is 0.342 e. The average molecular weight is 415 g/mol. The van der Waals surface area contributed by atoms with Crippen molar-refractivity contribution in [1.29, 1.82) is 0 Å². The van der Waals surface area contributed by atoms with Crippen molar-refractivity contribution in [3.05, 3.63) is 53.7 Å². The summed E-state index contributed by atoms with van der Waals surface area (Å²) < 4.78 is 61.8. The first-order valence-electron chi connectivity index (χ1n) is 7.82. The van der Waals surface area contributed by atoms with Gasteiger partial charge in [0.1, 0.15) is 0 Å². The maximum Gasteiger partial charge on any atom is 0.503 e. The number of aromatic nitrogens is 1. The quantitative estimate of drug-likeness (QED) is 0.810. The molecule has 0 unspecified atom stereocenters. The van der Waals surface area contributed by atoms with Crippen LogP contribution >= 0.6 is 0 Å². The van der Waals surface area contributed by atoms with E-state index in [-0.39, 0.29) is 18.1 Å². The molecule has 0 radical (unpaired) electrons. The summed E-state index contributed by atoms with van der Waals surface area (Å²) in [6, 6.07) is 8.36. The number of pyridine rings is 1. The van der Waals surface area contributed by atoms with E-state index in [1.54, 1.807) is 19.2 Å². The topological polar surface area (TPSA) is 96.4 Å². The Morgan fingerprint density at radius 1 is 1.18 bits per heavy atom. The first-order valence-corrected chi connectivity index (χ1v) is 9.30. The maximum absolute atomic E-state index is 12.8. The Morgan fingerprint density at radius 3 is 2.46 bits per heavy atom. The summed E-state index contributed by atoms with van der Waals surface area (Å²) in [6.07, 6.45) is 0.855. The lowest BCUT2D eigenvalue weighted by Crippen LogP contribution is -2.27. The van der Waals surface area contributed by atoms with E-state index in [1.807, 2.05) is 0 Å². The first kappa shape index (κ1) is 21.4. The molecule has 0 aliphatic rings. The fourth-order valence-corrected chi connectivity index (χ4v) is 3.09. The van der Waals surface area contributed by atoms with Crippen LogP contribution in [0.4, 0.5) is 18.9 Å². The van der Waals surface area contributed by atoms with Crippen LogP contribution in [0, 0.1) is 0 Å². The van der Waals surface area contributed by atoms with Gasteiger partial charge in [0.15, 0.2) is 5.03 Å². The Morgan fingerprint density at radius 2 is 1.86 bits per heavy atom. The molecule has 28 heavy (non-hydrogen) atoms. The number of anilines is 1. The molecule has 0 atom stereocenters. The van der Waals surface area contributed by atoms with E-state index >= 15 is 0 Å². The van der Waals surface area contributed by atoms with E-state index < -0.39 is 31.8 Å². The molecule has 0 aliphatic carbocycles. The average Bonchev–Trinajstić information content (AvgIpc) is 2.61. The second-order valence-electron chi connectivity index (χ2n) is 5.83. The van der Waals surface area contributed by atoms with Gasteiger partial charge in [-0.2, -0.15) is 13.2 Å². The first-order chi connectivity index (χ1) is 12.9. The van der Waals surface area contributed by atoms with Crippen molar-refractivity contribution in [2.24, 2.45) is 0 Å². The highest BCUT2D eigenvalue weighted by molar-refractivity contribution is 7.92. The molecule has 1 N–H and O–H groups in total. The Labute approximate surface area is 159 Å². The zero-order chi connectivity index (χ0) is 21.1. The van der Waals surface area contributed by atoms with E-state index in [1.165, 1.54) is 24.0 Å². The highest BCUT2D eigenvalue weighted by Gasteiger charge is 2.49. The van der Waals surface area contributed by atoms with Gasteiger partial charge < -0.3 is 10.2 Å². The van der Waals surface area contributed by atoms with E-state index in [0.717, 1.165) is 18.3 Å². The molecule has 1 aromatic carbocycles. The second-order valence-corrected chi connectivity index (χ2v) is 7.69. The van der Waals surface area contributed by atoms with Crippen LogP contribution in [0.1, 0.15) is 22.8 Å². The van der Waals surface area contributed by atoms with Gasteiger partial charge in [0.25, 0.3) is 15.7 Å². The summed E-state index contributed by atoms with van der Waals surface area (Å²) in [5, 5.41) is 0.983. The van der Waals surface area contributed by atoms with E-state index in [9.17, 15) is 31.2 Å². The minimum Gasteiger partial charge on any atom is -0.342 e. The predicted molar refractivity (Wildman–Crippen MR) is 94.0 cm³/mol. The molecule has 2 aromatic rings. The number of amides is 2. The predicted octanol–water partition coefficient (Wildman–Crippen LogP) is 2.61. The normalized spacial score (nSPS) is 11.8. The van der Waals surface area contributed by atoms with Gasteiger partial charge in [-0.25, -0.2) is 13.4 Å². The highest BCUT2D eigenvalue weighted by atomic mass is 32.2. The molecule has 0 bridgehead atoms. The molecule has 0 spiro atoms. The molecule has 0 saturated heterocycles. The van der Waals surface area contributed by atoms with Crippen LogP contribution in [-0.2, 0) is 21.2 Å². The number of rotatable bonds is 5. The van der Waals surface area contributed by atoms with Gasteiger partial charge in [0.2, 0.25) is 5.91 Å². The molecular formula is C17H16F3N3O4S. The zero-order valence-electron chi connectivity index (χ0n) is 14.8. The molecule has 2 amide bonds. The van der Waals surface area contributed by atoms with Crippen molar-refractivity contribution in [3.63, 3.8) is 0 Å². The Bertz CT molecular complexity index is 1010. The van der Waals surface area contributed by atoms with Crippen molar-refractivity contribution in [1.82, 2.24) is 9.88 Å². The summed E-state index contributed by atoms with van der Waals surface area (Å²) in [4.78, 5) is 28.4. The molecule has 0 aliphatic heterocycles. The number of sulfone groups is 1. The molecule has 11 heteroatoms. The molecule has 1 heterocycles. The van der Waals surface area contributed by atoms with Crippen molar-refractivity contribution in [2.75, 3.05) is 12.4 Å². The van der Waals surface area contributed by atoms with Gasteiger partial charge in [0.05, 0.1) is 5.56 Å². The molecule has 2 rings (SSSR count). The summed E-state index contributed by atoms with van der Waals surface area (Å²) in [7, 11) is -4.21. The lowest BCUT2D eigenvalue weighted by Gasteiger charge is -2.16. The highest BCUT2D eigenvalue weighted by Crippen LogP contribution is 2.31. The fraction of sp³-hybridized carbons (Fsp3) is 0.235. The third-order valence-corrected chi connectivity index (χ3v) is 5.16. The summed E-state index contributed by atoms with van der Waals surface area (Å²) in [5.74, 6) is -1.24. The van der Waals surface area contributed by atoms with Crippen molar-refractivity contribution < 1.29 is 31.2 Å². The van der Waals surface area contributed by atoms with Crippen molar-refractivity contribution in [3.8, 4) is 0 Å². The number of alkyl halides is 3. The lowest BCUT2D eigenvalue weighted by atomic mass is 10.2. The van der Waals surface area contributed by atoms with Gasteiger partial charge in [-0.3, -0.25) is 9.59 Å². The molecule has 150 valence electrons. The molecule has 1 aromatic heterocycles. The van der Waals surface area contributed by atoms with Crippen LogP contribution in [0.15, 0.2) is 47.6 Å². The van der Waals surface area contributed by atoms with E-state index in [4.69, 9.17) is 0 Å². The van der Waals surface area contributed by atoms with Crippen molar-refractivity contribution in [2.45, 2.75) is 24.0 Å². The Balaban J connectivity index is 2.32. The summed E-state index contributed by atoms with van der Waals surface area (Å²) >= 11 is 0. The van der Waals surface area contributed by atoms with Gasteiger partial charge in [-0.1, -0.05) is 12.1 Å². The third-order valence-electron chi connectivity index (χ3n) is 3.72. The zero-order valence-corrected chi connectivity index (χ0v) is 15.6. The molecule has 7 nitrogen and oxygen atoms in total. The Hall–Kier alpha value is -2.95. The molecule has 0 saturated carbocycles. The van der Waals surface area contributed by atoms with Crippen LogP contribution < -0.4 is 5.32 Å². The number of carbonyl (C=O) groups is 2. The number of benzene rings is 1. The van der Waals surface area contributed by atoms with Gasteiger partial charge in [0, 0.05) is 32.4 Å². The summed E-state index contributed by atoms with van der Waals surface area (Å²) in [5.41, 5.74) is -5.44. The van der Waals surface area contributed by atoms with Crippen LogP contribution in [0.5, 0.6) is 0 Å². The monoisotopic (exact) mass is 415 g/mol. The minimum absolute atomic E-state index is 0.174. The number of hydrogen-bond acceptors (Lipinski definition) is 5. The second kappa shape index (κ2) is 7.97. The number of hydrogen-bond donors (Lipinski definition) is 1. The van der Waals surface area contributed by atoms with Crippen LogP contribution in [0.2, 0.25) is 0 Å². The van der Waals surface area contributed by atoms with E-state index in [2.05, 4.69) is 10.3 Å². The number of carbonyl (C=O) groups excluding carboxylic acids is 2. The maximum atomic E-state index is 12.8. The van der Waals surface area contributed by atoms with Gasteiger partial charge >= 0.3 is 5.51 Å². The number of nitrogens with one attached hydrogen (secondary N) is 1. The molecular weight excluding hydrogens is 399 g/mol. The van der Waals surface area contributed by atoms with Crippen molar-refractivity contribution >= 4 is 27.3 Å². The standard InChI is InChI=1S/C17H16F3N3O4S/c1-11(24)23(2)10-12-5-3-6-13(9-12)22-15(25)14-7-4-8-21-16(14)28(26,27)17(18,19)20/h3-9H,10H2,1-2H3,(H,22,25). The summed E-state index contributed by atoms with van der Waals surface area (Å²) in [6.45, 7) is 1.64. The lowest BCUT2D eigenvalue weighted by molar-refractivity contribution is -0.128. The Kier molecular flexibility index (Phi) is 6.07. The number of nitrogens with zero attached hydrogens (tertiary/aromatic N) is 2. The minimum atomic E-state index is -5.79.